The Morgan fingerprint density at radius 2 is 2.10 bits per heavy atom. The number of amides is 1. The molecule has 1 aromatic carbocycles. The lowest BCUT2D eigenvalue weighted by atomic mass is 10.1. The number of hydrogen-bond donors (Lipinski definition) is 2. The van der Waals surface area contributed by atoms with Gasteiger partial charge in [-0.3, -0.25) is 10.2 Å². The summed E-state index contributed by atoms with van der Waals surface area (Å²) in [5.41, 5.74) is 5.70. The molecule has 0 radical (unpaired) electrons. The van der Waals surface area contributed by atoms with Gasteiger partial charge in [-0.1, -0.05) is 6.92 Å². The fourth-order valence-corrected chi connectivity index (χ4v) is 2.18. The number of morpholine rings is 1. The summed E-state index contributed by atoms with van der Waals surface area (Å²) < 4.78 is 5.26. The molecule has 1 amide bonds. The van der Waals surface area contributed by atoms with Gasteiger partial charge in [0.1, 0.15) is 0 Å². The van der Waals surface area contributed by atoms with E-state index < -0.39 is 0 Å². The number of benzene rings is 1. The number of rotatable bonds is 5. The zero-order chi connectivity index (χ0) is 14.4. The van der Waals surface area contributed by atoms with Crippen molar-refractivity contribution in [1.82, 2.24) is 10.4 Å². The van der Waals surface area contributed by atoms with E-state index in [2.05, 4.69) is 17.7 Å². The van der Waals surface area contributed by atoms with E-state index in [1.54, 1.807) is 0 Å². The third kappa shape index (κ3) is 3.95. The number of hydrogen-bond acceptors (Lipinski definition) is 4. The Hall–Kier alpha value is -1.59. The second-order valence-electron chi connectivity index (χ2n) is 5.00. The third-order valence-corrected chi connectivity index (χ3v) is 3.32. The molecule has 1 aliphatic heterocycles. The van der Waals surface area contributed by atoms with Gasteiger partial charge in [-0.15, -0.1) is 0 Å². The molecule has 20 heavy (non-hydrogen) atoms. The first-order valence-electron chi connectivity index (χ1n) is 7.19. The number of ether oxygens (including phenoxy) is 1. The number of nitrogens with zero attached hydrogens (tertiary/aromatic N) is 1. The molecular formula is C15H23N3O2. The molecule has 5 heteroatoms. The Balaban J connectivity index is 1.98. The van der Waals surface area contributed by atoms with Crippen molar-refractivity contribution in [3.05, 3.63) is 29.3 Å². The maximum absolute atomic E-state index is 12.2. The van der Waals surface area contributed by atoms with E-state index in [4.69, 9.17) is 4.74 Å². The largest absolute Gasteiger partial charge is 0.385 e. The number of carbonyl (C=O) groups is 1. The van der Waals surface area contributed by atoms with Crippen molar-refractivity contribution in [3.63, 3.8) is 0 Å². The van der Waals surface area contributed by atoms with Crippen LogP contribution in [0, 0.1) is 6.92 Å². The smallest absolute Gasteiger partial charge is 0.265 e. The Labute approximate surface area is 120 Å². The van der Waals surface area contributed by atoms with E-state index in [0.29, 0.717) is 13.2 Å². The summed E-state index contributed by atoms with van der Waals surface area (Å²) in [7, 11) is 0. The van der Waals surface area contributed by atoms with E-state index in [-0.39, 0.29) is 5.91 Å². The van der Waals surface area contributed by atoms with Crippen molar-refractivity contribution in [3.8, 4) is 0 Å². The highest BCUT2D eigenvalue weighted by atomic mass is 16.5. The zero-order valence-electron chi connectivity index (χ0n) is 12.2. The van der Waals surface area contributed by atoms with Crippen LogP contribution in [0.15, 0.2) is 18.2 Å². The lowest BCUT2D eigenvalue weighted by Gasteiger charge is -2.27. The summed E-state index contributed by atoms with van der Waals surface area (Å²) in [5.74, 6) is -0.0496. The van der Waals surface area contributed by atoms with Crippen molar-refractivity contribution >= 4 is 11.6 Å². The number of hydrazine groups is 1. The van der Waals surface area contributed by atoms with Gasteiger partial charge in [0, 0.05) is 30.9 Å². The van der Waals surface area contributed by atoms with Gasteiger partial charge in [0.15, 0.2) is 0 Å². The second kappa shape index (κ2) is 7.26. The summed E-state index contributed by atoms with van der Waals surface area (Å²) >= 11 is 0. The summed E-state index contributed by atoms with van der Waals surface area (Å²) in [6.07, 6.45) is 1.08. The van der Waals surface area contributed by atoms with Gasteiger partial charge in [0.25, 0.3) is 5.91 Å². The van der Waals surface area contributed by atoms with Gasteiger partial charge >= 0.3 is 0 Å². The topological polar surface area (TPSA) is 53.6 Å². The predicted molar refractivity (Wildman–Crippen MR) is 79.8 cm³/mol. The quantitative estimate of drug-likeness (QED) is 0.861. The molecule has 110 valence electrons. The average Bonchev–Trinajstić information content (AvgIpc) is 2.46. The molecule has 0 bridgehead atoms. The molecule has 0 atom stereocenters. The molecule has 2 rings (SSSR count). The van der Waals surface area contributed by atoms with E-state index in [0.717, 1.165) is 42.9 Å². The molecule has 2 N–H and O–H groups in total. The Morgan fingerprint density at radius 1 is 1.35 bits per heavy atom. The van der Waals surface area contributed by atoms with Crippen LogP contribution in [0.3, 0.4) is 0 Å². The van der Waals surface area contributed by atoms with Crippen LogP contribution in [0.5, 0.6) is 0 Å². The molecule has 0 spiro atoms. The van der Waals surface area contributed by atoms with Crippen molar-refractivity contribution in [2.75, 3.05) is 38.2 Å². The van der Waals surface area contributed by atoms with Crippen LogP contribution >= 0.6 is 0 Å². The minimum atomic E-state index is -0.0496. The molecule has 1 heterocycles. The lowest BCUT2D eigenvalue weighted by molar-refractivity contribution is 0.0126. The zero-order valence-corrected chi connectivity index (χ0v) is 12.2. The van der Waals surface area contributed by atoms with Gasteiger partial charge in [-0.05, 0) is 37.1 Å². The van der Waals surface area contributed by atoms with Gasteiger partial charge in [-0.25, -0.2) is 5.01 Å². The Morgan fingerprint density at radius 3 is 2.75 bits per heavy atom. The number of nitrogens with one attached hydrogen (secondary N) is 2. The molecule has 0 unspecified atom stereocenters. The summed E-state index contributed by atoms with van der Waals surface area (Å²) in [6, 6.07) is 5.85. The molecule has 1 fully saturated rings. The molecule has 0 aliphatic carbocycles. The van der Waals surface area contributed by atoms with Crippen molar-refractivity contribution in [2.45, 2.75) is 20.3 Å². The van der Waals surface area contributed by atoms with Crippen molar-refractivity contribution < 1.29 is 9.53 Å². The number of anilines is 1. The number of aryl methyl sites for hydroxylation is 1. The van der Waals surface area contributed by atoms with Gasteiger partial charge in [0.2, 0.25) is 0 Å². The summed E-state index contributed by atoms with van der Waals surface area (Å²) in [6.45, 7) is 7.84. The molecular weight excluding hydrogens is 254 g/mol. The predicted octanol–water partition coefficient (Wildman–Crippen LogP) is 1.79. The molecule has 1 saturated heterocycles. The Kier molecular flexibility index (Phi) is 5.38. The molecule has 1 aromatic rings. The molecule has 0 saturated carbocycles. The molecule has 1 aliphatic rings. The molecule has 5 nitrogen and oxygen atoms in total. The maximum Gasteiger partial charge on any atom is 0.265 e. The maximum atomic E-state index is 12.2. The van der Waals surface area contributed by atoms with E-state index >= 15 is 0 Å². The summed E-state index contributed by atoms with van der Waals surface area (Å²) in [5, 5.41) is 5.24. The second-order valence-corrected chi connectivity index (χ2v) is 5.00. The highest BCUT2D eigenvalue weighted by Gasteiger charge is 2.15. The van der Waals surface area contributed by atoms with Gasteiger partial charge in [0.05, 0.1) is 13.2 Å². The van der Waals surface area contributed by atoms with Crippen LogP contribution in [0.25, 0.3) is 0 Å². The first kappa shape index (κ1) is 14.8. The Bertz CT molecular complexity index is 456. The van der Waals surface area contributed by atoms with Crippen LogP contribution < -0.4 is 10.7 Å². The van der Waals surface area contributed by atoms with Crippen molar-refractivity contribution in [1.29, 1.82) is 0 Å². The minimum Gasteiger partial charge on any atom is -0.385 e. The van der Waals surface area contributed by atoms with E-state index in [1.807, 2.05) is 30.1 Å². The van der Waals surface area contributed by atoms with Gasteiger partial charge < -0.3 is 10.1 Å². The fraction of sp³-hybridized carbons (Fsp3) is 0.533. The van der Waals surface area contributed by atoms with Crippen LogP contribution in [-0.4, -0.2) is 43.8 Å². The normalized spacial score (nSPS) is 15.9. The van der Waals surface area contributed by atoms with Crippen LogP contribution in [0.2, 0.25) is 0 Å². The van der Waals surface area contributed by atoms with Crippen molar-refractivity contribution in [2.24, 2.45) is 0 Å². The first-order valence-corrected chi connectivity index (χ1v) is 7.19. The standard InChI is InChI=1S/C15H23N3O2/c1-3-6-16-13-4-5-14(12(2)11-13)15(19)17-18-7-9-20-10-8-18/h4-5,11,16H,3,6-10H2,1-2H3,(H,17,19). The first-order chi connectivity index (χ1) is 9.70. The highest BCUT2D eigenvalue weighted by Crippen LogP contribution is 2.15. The molecule has 0 aromatic heterocycles. The lowest BCUT2D eigenvalue weighted by Crippen LogP contribution is -2.48. The van der Waals surface area contributed by atoms with Crippen LogP contribution in [0.4, 0.5) is 5.69 Å². The third-order valence-electron chi connectivity index (χ3n) is 3.32. The van der Waals surface area contributed by atoms with Crippen LogP contribution in [0.1, 0.15) is 29.3 Å². The van der Waals surface area contributed by atoms with Crippen LogP contribution in [-0.2, 0) is 4.74 Å². The van der Waals surface area contributed by atoms with E-state index in [1.165, 1.54) is 0 Å². The highest BCUT2D eigenvalue weighted by molar-refractivity contribution is 5.95. The fourth-order valence-electron chi connectivity index (χ4n) is 2.18. The monoisotopic (exact) mass is 277 g/mol. The van der Waals surface area contributed by atoms with E-state index in [9.17, 15) is 4.79 Å². The minimum absolute atomic E-state index is 0.0496. The number of carbonyl (C=O) groups excluding carboxylic acids is 1. The average molecular weight is 277 g/mol. The summed E-state index contributed by atoms with van der Waals surface area (Å²) in [4.78, 5) is 12.2. The van der Waals surface area contributed by atoms with Gasteiger partial charge in [-0.2, -0.15) is 0 Å². The SMILES string of the molecule is CCCNc1ccc(C(=O)NN2CCOCC2)c(C)c1.